The van der Waals surface area contributed by atoms with Gasteiger partial charge in [-0.3, -0.25) is 0 Å². The summed E-state index contributed by atoms with van der Waals surface area (Å²) in [6, 6.07) is 10.6. The van der Waals surface area contributed by atoms with Crippen molar-refractivity contribution in [2.75, 3.05) is 0 Å². The Balaban J connectivity index is 0.00000288. The van der Waals surface area contributed by atoms with E-state index in [4.69, 9.17) is 0 Å². The average Bonchev–Trinajstić information content (AvgIpc) is 3.70. The van der Waals surface area contributed by atoms with Crippen molar-refractivity contribution in [1.82, 2.24) is 19.9 Å². The third-order valence-corrected chi connectivity index (χ3v) is 9.67. The largest absolute Gasteiger partial charge is 1.00 e. The smallest absolute Gasteiger partial charge is 0.744 e. The molecule has 0 aliphatic carbocycles. The normalized spacial score (nSPS) is 13.5. The Hall–Kier alpha value is -1.58. The first-order chi connectivity index (χ1) is 20.9. The molecule has 0 radical (unpaired) electrons. The minimum Gasteiger partial charge on any atom is -0.744 e. The third-order valence-electron chi connectivity index (χ3n) is 7.79. The molecule has 3 aromatic heterocycles. The van der Waals surface area contributed by atoms with Gasteiger partial charge in [-0.25, -0.2) is 26.8 Å². The molecule has 5 rings (SSSR count). The molecule has 0 amide bonds. The van der Waals surface area contributed by atoms with Crippen molar-refractivity contribution >= 4 is 63.3 Å². The fourth-order valence-electron chi connectivity index (χ4n) is 6.01. The van der Waals surface area contributed by atoms with Gasteiger partial charge < -0.3 is 19.1 Å². The molecule has 0 aromatic carbocycles. The number of fused-ring (bicyclic) bond motifs is 10. The van der Waals surface area contributed by atoms with Gasteiger partial charge in [0.2, 0.25) is 0 Å². The molecule has 2 N–H and O–H groups in total. The minimum absolute atomic E-state index is 0. The van der Waals surface area contributed by atoms with Crippen LogP contribution in [0, 0.1) is 0 Å². The summed E-state index contributed by atoms with van der Waals surface area (Å²) in [5.74, 6) is 0. The van der Waals surface area contributed by atoms with Crippen LogP contribution < -0.4 is 59.1 Å². The van der Waals surface area contributed by atoms with Crippen LogP contribution >= 0.6 is 0 Å². The van der Waals surface area contributed by atoms with Gasteiger partial charge in [0.1, 0.15) is 31.6 Å². The van der Waals surface area contributed by atoms with Crippen LogP contribution in [0.1, 0.15) is 100 Å². The maximum atomic E-state index is 12.7. The molecule has 8 bridgehead atoms. The summed E-state index contributed by atoms with van der Waals surface area (Å²) >= 11 is 0. The Bertz CT molecular complexity index is 1930. The maximum Gasteiger partial charge on any atom is 1.00 e. The number of aryl methyl sites for hydroxylation is 2. The summed E-state index contributed by atoms with van der Waals surface area (Å²) in [7, 11) is -9.85. The van der Waals surface area contributed by atoms with Crippen LogP contribution in [0.3, 0.4) is 0 Å². The Morgan fingerprint density at radius 2 is 0.913 bits per heavy atom. The molecule has 3 aromatic rings. The van der Waals surface area contributed by atoms with Gasteiger partial charge >= 0.3 is 59.1 Å². The van der Waals surface area contributed by atoms with Gasteiger partial charge in [0.25, 0.3) is 0 Å². The van der Waals surface area contributed by atoms with E-state index in [0.29, 0.717) is 47.9 Å². The van der Waals surface area contributed by atoms with Crippen molar-refractivity contribution in [3.8, 4) is 0 Å². The molecule has 0 spiro atoms. The van der Waals surface area contributed by atoms with Crippen LogP contribution in [0.15, 0.2) is 36.4 Å². The Kier molecular flexibility index (Phi) is 13.3. The topological polar surface area (TPSA) is 172 Å². The fourth-order valence-corrected chi connectivity index (χ4v) is 7.82. The molecule has 2 aliphatic rings. The van der Waals surface area contributed by atoms with Crippen molar-refractivity contribution in [1.29, 1.82) is 0 Å². The third kappa shape index (κ3) is 7.83. The molecule has 0 saturated carbocycles. The number of aromatic nitrogens is 4. The van der Waals surface area contributed by atoms with Crippen molar-refractivity contribution in [2.24, 2.45) is 0 Å². The van der Waals surface area contributed by atoms with Gasteiger partial charge in [-0.2, -0.15) is 0 Å². The number of nitrogens with zero attached hydrogens (tertiary/aromatic N) is 2. The van der Waals surface area contributed by atoms with Gasteiger partial charge in [0.05, 0.1) is 32.2 Å². The molecule has 10 nitrogen and oxygen atoms in total. The molecule has 14 heteroatoms. The summed E-state index contributed by atoms with van der Waals surface area (Å²) in [6.07, 6.45) is 4.75. The summed E-state index contributed by atoms with van der Waals surface area (Å²) < 4.78 is 76.2. The van der Waals surface area contributed by atoms with Gasteiger partial charge in [-0.15, -0.1) is 0 Å². The fraction of sp³-hybridized carbons (Fsp3) is 0.375. The van der Waals surface area contributed by atoms with Gasteiger partial charge in [-0.1, -0.05) is 53.4 Å². The monoisotopic (exact) mass is 682 g/mol. The standard InChI is InChI=1S/C32H38N4O6S2.2Na/c1-5-9-19-17-27-29-31(43(37,38)39)21(11-7-3)25(35-29)15-16-26-22(12-8-4)32(44(40,41)42)30(36-26)28-18-20(10-6-2)24(34-28)14-13-23(19)33-27;;/h13-18,33-34H,5-12H2,1-4H3,(H,37,38,39)(H,40,41,42);;/q;2*+1/p-2. The number of hydrogen-bond donors (Lipinski definition) is 2. The van der Waals surface area contributed by atoms with Gasteiger partial charge in [0.15, 0.2) is 0 Å². The Morgan fingerprint density at radius 1 is 0.565 bits per heavy atom. The zero-order chi connectivity index (χ0) is 31.8. The number of rotatable bonds is 10. The second-order valence-electron chi connectivity index (χ2n) is 11.1. The Morgan fingerprint density at radius 3 is 1.22 bits per heavy atom. The zero-order valence-electron chi connectivity index (χ0n) is 27.3. The molecular formula is C32H36N4Na2O6S2. The van der Waals surface area contributed by atoms with Gasteiger partial charge in [-0.05, 0) is 84.4 Å². The number of aromatic amines is 2. The second-order valence-corrected chi connectivity index (χ2v) is 13.8. The first kappa shape index (κ1) is 38.9. The molecular weight excluding hydrogens is 646 g/mol. The maximum absolute atomic E-state index is 12.7. The SMILES string of the molecule is CCCC1=C(S(=O)(=O)[O-])c2nc1ccc1nc(c3cc(CCC)c(ccc4[nH]c2cc4CCC)[nH]3)C(S(=O)(=O)[O-])=C1CCC.[Na+].[Na+]. The van der Waals surface area contributed by atoms with E-state index in [-0.39, 0.29) is 105 Å². The van der Waals surface area contributed by atoms with Crippen LogP contribution in [0.25, 0.3) is 43.0 Å². The molecule has 0 saturated heterocycles. The van der Waals surface area contributed by atoms with Crippen LogP contribution in [0.5, 0.6) is 0 Å². The van der Waals surface area contributed by atoms with Crippen molar-refractivity contribution in [3.63, 3.8) is 0 Å². The molecule has 46 heavy (non-hydrogen) atoms. The molecule has 0 fully saturated rings. The average molecular weight is 683 g/mol. The molecule has 0 atom stereocenters. The number of hydrogen-bond acceptors (Lipinski definition) is 8. The van der Waals surface area contributed by atoms with Crippen molar-refractivity contribution in [2.45, 2.75) is 79.1 Å². The zero-order valence-corrected chi connectivity index (χ0v) is 32.9. The molecule has 2 aliphatic heterocycles. The minimum atomic E-state index is -4.92. The molecule has 5 heterocycles. The van der Waals surface area contributed by atoms with Crippen LogP contribution in [-0.4, -0.2) is 45.9 Å². The summed E-state index contributed by atoms with van der Waals surface area (Å²) in [5, 5.41) is 0. The van der Waals surface area contributed by atoms with E-state index in [1.807, 2.05) is 52.0 Å². The van der Waals surface area contributed by atoms with Crippen LogP contribution in [-0.2, 0) is 33.1 Å². The van der Waals surface area contributed by atoms with Crippen molar-refractivity contribution < 1.29 is 85.1 Å². The van der Waals surface area contributed by atoms with E-state index < -0.39 is 20.2 Å². The predicted molar refractivity (Wildman–Crippen MR) is 172 cm³/mol. The van der Waals surface area contributed by atoms with E-state index in [9.17, 15) is 25.9 Å². The molecule has 234 valence electrons. The molecule has 0 unspecified atom stereocenters. The van der Waals surface area contributed by atoms with E-state index in [2.05, 4.69) is 19.9 Å². The van der Waals surface area contributed by atoms with E-state index >= 15 is 0 Å². The van der Waals surface area contributed by atoms with Crippen molar-refractivity contribution in [3.05, 3.63) is 70.3 Å². The van der Waals surface area contributed by atoms with Crippen LogP contribution in [0.4, 0.5) is 0 Å². The summed E-state index contributed by atoms with van der Waals surface area (Å²) in [5.41, 5.74) is 5.42. The summed E-state index contributed by atoms with van der Waals surface area (Å²) in [4.78, 5) is 15.2. The first-order valence-corrected chi connectivity index (χ1v) is 17.8. The number of nitrogens with one attached hydrogen (secondary N) is 2. The Labute approximate surface area is 314 Å². The quantitative estimate of drug-likeness (QED) is 0.232. The van der Waals surface area contributed by atoms with E-state index in [0.717, 1.165) is 35.0 Å². The second kappa shape index (κ2) is 15.8. The first-order valence-electron chi connectivity index (χ1n) is 15.0. The van der Waals surface area contributed by atoms with E-state index in [1.165, 1.54) is 0 Å². The number of allylic oxidation sites excluding steroid dienone is 2. The summed E-state index contributed by atoms with van der Waals surface area (Å²) in [6.45, 7) is 7.83. The predicted octanol–water partition coefficient (Wildman–Crippen LogP) is 0.655. The van der Waals surface area contributed by atoms with E-state index in [1.54, 1.807) is 12.1 Å². The van der Waals surface area contributed by atoms with Crippen LogP contribution in [0.2, 0.25) is 0 Å². The van der Waals surface area contributed by atoms with Gasteiger partial charge in [0, 0.05) is 11.0 Å². The number of H-pyrrole nitrogens is 2.